The Hall–Kier alpha value is -1.55. The molecule has 0 radical (unpaired) electrons. The smallest absolute Gasteiger partial charge is 0.332 e. The molecule has 4 nitrogen and oxygen atoms in total. The highest BCUT2D eigenvalue weighted by atomic mass is 16.5. The van der Waals surface area contributed by atoms with Crippen LogP contribution in [0.15, 0.2) is 24.3 Å². The zero-order chi connectivity index (χ0) is 10.6. The van der Waals surface area contributed by atoms with Gasteiger partial charge in [-0.05, 0) is 17.7 Å². The number of ether oxygens (including phenoxy) is 1. The van der Waals surface area contributed by atoms with E-state index in [-0.39, 0.29) is 6.42 Å². The van der Waals surface area contributed by atoms with Crippen LogP contribution in [0.4, 0.5) is 0 Å². The number of carboxylic acid groups (broad SMARTS) is 1. The third-order valence-electron chi connectivity index (χ3n) is 1.87. The molecule has 2 N–H and O–H groups in total. The number of methoxy groups -OCH3 is 1. The van der Waals surface area contributed by atoms with Crippen molar-refractivity contribution in [2.45, 2.75) is 12.5 Å². The van der Waals surface area contributed by atoms with Gasteiger partial charge >= 0.3 is 5.97 Å². The highest BCUT2D eigenvalue weighted by Crippen LogP contribution is 2.12. The van der Waals surface area contributed by atoms with Gasteiger partial charge in [-0.3, -0.25) is 0 Å². The number of aliphatic hydroxyl groups excluding tert-OH is 1. The summed E-state index contributed by atoms with van der Waals surface area (Å²) in [6, 6.07) is 6.91. The van der Waals surface area contributed by atoms with Crippen molar-refractivity contribution in [3.63, 3.8) is 0 Å². The maximum Gasteiger partial charge on any atom is 0.332 e. The third kappa shape index (κ3) is 2.74. The van der Waals surface area contributed by atoms with Crippen LogP contribution in [0.3, 0.4) is 0 Å². The van der Waals surface area contributed by atoms with Gasteiger partial charge in [0.15, 0.2) is 6.10 Å². The molecular formula is C10H12O4. The van der Waals surface area contributed by atoms with E-state index in [1.54, 1.807) is 31.4 Å². The summed E-state index contributed by atoms with van der Waals surface area (Å²) in [6.07, 6.45) is -1.23. The molecule has 1 aromatic rings. The summed E-state index contributed by atoms with van der Waals surface area (Å²) in [4.78, 5) is 10.4. The molecule has 0 unspecified atom stereocenters. The Balaban J connectivity index is 2.64. The lowest BCUT2D eigenvalue weighted by molar-refractivity contribution is -0.146. The van der Waals surface area contributed by atoms with Crippen molar-refractivity contribution in [1.29, 1.82) is 0 Å². The van der Waals surface area contributed by atoms with Gasteiger partial charge < -0.3 is 14.9 Å². The molecule has 1 atom stereocenters. The minimum Gasteiger partial charge on any atom is -0.497 e. The van der Waals surface area contributed by atoms with Crippen LogP contribution in [0.2, 0.25) is 0 Å². The Labute approximate surface area is 81.8 Å². The number of carbonyl (C=O) groups is 1. The first kappa shape index (κ1) is 10.5. The van der Waals surface area contributed by atoms with E-state index < -0.39 is 12.1 Å². The van der Waals surface area contributed by atoms with Gasteiger partial charge in [-0.15, -0.1) is 0 Å². The first-order valence-electron chi connectivity index (χ1n) is 4.17. The van der Waals surface area contributed by atoms with Crippen LogP contribution in [-0.2, 0) is 11.2 Å². The summed E-state index contributed by atoms with van der Waals surface area (Å²) < 4.78 is 4.94. The number of hydrogen-bond acceptors (Lipinski definition) is 3. The monoisotopic (exact) mass is 196 g/mol. The van der Waals surface area contributed by atoms with Gasteiger partial charge in [-0.2, -0.15) is 0 Å². The molecule has 0 bridgehead atoms. The standard InChI is InChI=1S/C10H12O4/c1-14-8-4-2-7(3-5-8)6-9(11)10(12)13/h2-5,9,11H,6H2,1H3,(H,12,13)/t9-/m1/s1. The normalized spacial score (nSPS) is 12.1. The van der Waals surface area contributed by atoms with Crippen molar-refractivity contribution in [3.8, 4) is 5.75 Å². The van der Waals surface area contributed by atoms with Crippen LogP contribution in [0.5, 0.6) is 5.75 Å². The van der Waals surface area contributed by atoms with Gasteiger partial charge in [-0.1, -0.05) is 12.1 Å². The largest absolute Gasteiger partial charge is 0.497 e. The fourth-order valence-electron chi connectivity index (χ4n) is 1.07. The number of carboxylic acids is 1. The van der Waals surface area contributed by atoms with Crippen LogP contribution in [0, 0.1) is 0 Å². The van der Waals surface area contributed by atoms with E-state index in [4.69, 9.17) is 14.9 Å². The summed E-state index contributed by atoms with van der Waals surface area (Å²) >= 11 is 0. The van der Waals surface area contributed by atoms with Gasteiger partial charge in [0.05, 0.1) is 7.11 Å². The fraction of sp³-hybridized carbons (Fsp3) is 0.300. The molecule has 0 aliphatic rings. The van der Waals surface area contributed by atoms with Gasteiger partial charge in [0.1, 0.15) is 5.75 Å². The van der Waals surface area contributed by atoms with Gasteiger partial charge in [0.2, 0.25) is 0 Å². The van der Waals surface area contributed by atoms with Crippen LogP contribution in [0.25, 0.3) is 0 Å². The summed E-state index contributed by atoms with van der Waals surface area (Å²) in [5.41, 5.74) is 0.765. The average molecular weight is 196 g/mol. The van der Waals surface area contributed by atoms with Crippen molar-refractivity contribution in [3.05, 3.63) is 29.8 Å². The lowest BCUT2D eigenvalue weighted by atomic mass is 10.1. The Morgan fingerprint density at radius 3 is 2.43 bits per heavy atom. The zero-order valence-corrected chi connectivity index (χ0v) is 7.80. The van der Waals surface area contributed by atoms with E-state index in [1.165, 1.54) is 0 Å². The molecule has 0 spiro atoms. The van der Waals surface area contributed by atoms with Crippen molar-refractivity contribution in [2.75, 3.05) is 7.11 Å². The molecule has 0 heterocycles. The number of rotatable bonds is 4. The van der Waals surface area contributed by atoms with E-state index in [1.807, 2.05) is 0 Å². The van der Waals surface area contributed by atoms with Crippen LogP contribution in [0.1, 0.15) is 5.56 Å². The number of hydrogen-bond donors (Lipinski definition) is 2. The van der Waals surface area contributed by atoms with Crippen molar-refractivity contribution in [1.82, 2.24) is 0 Å². The fourth-order valence-corrected chi connectivity index (χ4v) is 1.07. The minimum atomic E-state index is -1.34. The predicted octanol–water partition coefficient (Wildman–Crippen LogP) is 0.683. The second-order valence-corrected chi connectivity index (χ2v) is 2.91. The SMILES string of the molecule is COc1ccc(C[C@@H](O)C(=O)O)cc1. The van der Waals surface area contributed by atoms with E-state index in [0.717, 1.165) is 5.56 Å². The van der Waals surface area contributed by atoms with Crippen molar-refractivity contribution in [2.24, 2.45) is 0 Å². The summed E-state index contributed by atoms with van der Waals surface area (Å²) in [5, 5.41) is 17.5. The molecule has 76 valence electrons. The van der Waals surface area contributed by atoms with Crippen molar-refractivity contribution >= 4 is 5.97 Å². The van der Waals surface area contributed by atoms with Gasteiger partial charge in [0.25, 0.3) is 0 Å². The van der Waals surface area contributed by atoms with Crippen LogP contribution < -0.4 is 4.74 Å². The summed E-state index contributed by atoms with van der Waals surface area (Å²) in [7, 11) is 1.56. The number of aliphatic carboxylic acids is 1. The third-order valence-corrected chi connectivity index (χ3v) is 1.87. The van der Waals surface area contributed by atoms with Gasteiger partial charge in [-0.25, -0.2) is 4.79 Å². The number of benzene rings is 1. The Kier molecular flexibility index (Phi) is 3.48. The molecule has 0 amide bonds. The van der Waals surface area contributed by atoms with E-state index in [2.05, 4.69) is 0 Å². The van der Waals surface area contributed by atoms with E-state index >= 15 is 0 Å². The summed E-state index contributed by atoms with van der Waals surface area (Å²) in [6.45, 7) is 0. The lowest BCUT2D eigenvalue weighted by Gasteiger charge is -2.06. The molecule has 0 saturated heterocycles. The second kappa shape index (κ2) is 4.62. The average Bonchev–Trinajstić information content (AvgIpc) is 2.19. The molecule has 0 aromatic heterocycles. The number of aliphatic hydroxyl groups is 1. The Morgan fingerprint density at radius 2 is 2.00 bits per heavy atom. The Morgan fingerprint density at radius 1 is 1.43 bits per heavy atom. The highest BCUT2D eigenvalue weighted by Gasteiger charge is 2.13. The molecule has 4 heteroatoms. The summed E-state index contributed by atoms with van der Waals surface area (Å²) in [5.74, 6) is -0.501. The molecule has 1 aromatic carbocycles. The van der Waals surface area contributed by atoms with Crippen molar-refractivity contribution < 1.29 is 19.7 Å². The van der Waals surface area contributed by atoms with E-state index in [0.29, 0.717) is 5.75 Å². The molecule has 0 aliphatic carbocycles. The molecule has 0 aliphatic heterocycles. The first-order chi connectivity index (χ1) is 6.63. The zero-order valence-electron chi connectivity index (χ0n) is 7.80. The molecule has 0 fully saturated rings. The van der Waals surface area contributed by atoms with E-state index in [9.17, 15) is 4.79 Å². The molecule has 14 heavy (non-hydrogen) atoms. The molecule has 0 saturated carbocycles. The maximum absolute atomic E-state index is 10.4. The minimum absolute atomic E-state index is 0.110. The quantitative estimate of drug-likeness (QED) is 0.743. The molecular weight excluding hydrogens is 184 g/mol. The maximum atomic E-state index is 10.4. The topological polar surface area (TPSA) is 66.8 Å². The predicted molar refractivity (Wildman–Crippen MR) is 50.3 cm³/mol. The first-order valence-corrected chi connectivity index (χ1v) is 4.17. The lowest BCUT2D eigenvalue weighted by Crippen LogP contribution is -2.21. The Bertz CT molecular complexity index is 304. The van der Waals surface area contributed by atoms with Gasteiger partial charge in [0, 0.05) is 6.42 Å². The van der Waals surface area contributed by atoms with Crippen LogP contribution in [-0.4, -0.2) is 29.4 Å². The second-order valence-electron chi connectivity index (χ2n) is 2.91. The molecule has 1 rings (SSSR count). The van der Waals surface area contributed by atoms with Crippen LogP contribution >= 0.6 is 0 Å². The highest BCUT2D eigenvalue weighted by molar-refractivity contribution is 5.72.